The first-order valence-electron chi connectivity index (χ1n) is 10.2. The summed E-state index contributed by atoms with van der Waals surface area (Å²) in [6.45, 7) is 0.691. The van der Waals surface area contributed by atoms with Gasteiger partial charge in [0.05, 0.1) is 0 Å². The van der Waals surface area contributed by atoms with Gasteiger partial charge in [0.2, 0.25) is 0 Å². The summed E-state index contributed by atoms with van der Waals surface area (Å²) in [7, 11) is 1.77. The van der Waals surface area contributed by atoms with Crippen LogP contribution in [-0.2, 0) is 6.54 Å². The first kappa shape index (κ1) is 21.8. The summed E-state index contributed by atoms with van der Waals surface area (Å²) in [5.74, 6) is 0.973. The molecule has 1 fully saturated rings. The number of aliphatic imine (C=N–C) groups is 1. The lowest BCUT2D eigenvalue weighted by Gasteiger charge is -2.35. The van der Waals surface area contributed by atoms with Crippen molar-refractivity contribution in [3.63, 3.8) is 0 Å². The Morgan fingerprint density at radius 3 is 2.70 bits per heavy atom. The number of benzene rings is 1. The number of hydrogen-bond donors (Lipinski definition) is 2. The van der Waals surface area contributed by atoms with E-state index >= 15 is 0 Å². The van der Waals surface area contributed by atoms with Gasteiger partial charge in [-0.2, -0.15) is 8.78 Å². The van der Waals surface area contributed by atoms with Crippen molar-refractivity contribution in [2.75, 3.05) is 31.6 Å². The van der Waals surface area contributed by atoms with Gasteiger partial charge in [0.15, 0.2) is 5.96 Å². The predicted molar refractivity (Wildman–Crippen MR) is 112 cm³/mol. The van der Waals surface area contributed by atoms with Crippen molar-refractivity contribution in [2.24, 2.45) is 4.99 Å². The second-order valence-electron chi connectivity index (χ2n) is 7.21. The molecule has 8 nitrogen and oxygen atoms in total. The van der Waals surface area contributed by atoms with Crippen LogP contribution >= 0.6 is 0 Å². The van der Waals surface area contributed by atoms with Crippen LogP contribution in [0.3, 0.4) is 0 Å². The van der Waals surface area contributed by atoms with Gasteiger partial charge < -0.3 is 24.8 Å². The second-order valence-corrected chi connectivity index (χ2v) is 7.21. The molecule has 0 radical (unpaired) electrons. The number of nitrogens with one attached hydrogen (secondary N) is 2. The lowest BCUT2D eigenvalue weighted by Crippen LogP contribution is -2.51. The molecule has 0 spiro atoms. The maximum atomic E-state index is 12.3. The fourth-order valence-corrected chi connectivity index (χ4v) is 3.52. The van der Waals surface area contributed by atoms with Crippen molar-refractivity contribution in [3.05, 3.63) is 36.9 Å². The number of halogens is 2. The minimum Gasteiger partial charge on any atom is -0.435 e. The average molecular weight is 421 g/mol. The molecule has 1 aliphatic heterocycles. The van der Waals surface area contributed by atoms with Crippen LogP contribution in [-0.4, -0.2) is 60.1 Å². The Balaban J connectivity index is 1.41. The van der Waals surface area contributed by atoms with Crippen molar-refractivity contribution >= 4 is 11.6 Å². The Labute approximate surface area is 175 Å². The second kappa shape index (κ2) is 11.3. The van der Waals surface area contributed by atoms with Gasteiger partial charge in [-0.1, -0.05) is 0 Å². The van der Waals surface area contributed by atoms with Gasteiger partial charge in [-0.3, -0.25) is 4.99 Å². The van der Waals surface area contributed by atoms with Crippen LogP contribution in [0.4, 0.5) is 14.5 Å². The van der Waals surface area contributed by atoms with Gasteiger partial charge in [0.1, 0.15) is 18.4 Å². The number of nitrogens with zero attached hydrogens (tertiary/aromatic N) is 5. The lowest BCUT2D eigenvalue weighted by atomic mass is 10.0. The number of ether oxygens (including phenoxy) is 1. The summed E-state index contributed by atoms with van der Waals surface area (Å²) >= 11 is 0. The summed E-state index contributed by atoms with van der Waals surface area (Å²) in [5.41, 5.74) is 1.00. The van der Waals surface area contributed by atoms with E-state index in [1.807, 2.05) is 16.7 Å². The molecule has 2 heterocycles. The first-order chi connectivity index (χ1) is 14.6. The number of anilines is 1. The number of hydrogen-bond acceptors (Lipinski definition) is 5. The molecular formula is C20H29F2N7O. The molecule has 1 aromatic heterocycles. The minimum absolute atomic E-state index is 0.175. The number of aromatic nitrogens is 3. The van der Waals surface area contributed by atoms with E-state index in [1.165, 1.54) is 0 Å². The highest BCUT2D eigenvalue weighted by molar-refractivity contribution is 5.80. The maximum Gasteiger partial charge on any atom is 0.387 e. The molecule has 1 aliphatic rings. The molecule has 0 aliphatic carbocycles. The van der Waals surface area contributed by atoms with E-state index in [0.717, 1.165) is 63.5 Å². The van der Waals surface area contributed by atoms with Crippen LogP contribution in [0.2, 0.25) is 0 Å². The summed E-state index contributed by atoms with van der Waals surface area (Å²) < 4.78 is 31.0. The van der Waals surface area contributed by atoms with Crippen LogP contribution in [0.1, 0.15) is 25.7 Å². The van der Waals surface area contributed by atoms with Gasteiger partial charge >= 0.3 is 6.61 Å². The third-order valence-corrected chi connectivity index (χ3v) is 5.01. The minimum atomic E-state index is -2.80. The Bertz CT molecular complexity index is 768. The topological polar surface area (TPSA) is 79.6 Å². The molecule has 30 heavy (non-hydrogen) atoms. The molecule has 2 aromatic rings. The van der Waals surface area contributed by atoms with Crippen molar-refractivity contribution in [2.45, 2.75) is 44.9 Å². The highest BCUT2D eigenvalue weighted by Crippen LogP contribution is 2.23. The van der Waals surface area contributed by atoms with Crippen molar-refractivity contribution < 1.29 is 13.5 Å². The number of unbranched alkanes of at least 4 members (excludes halogenated alkanes) is 1. The van der Waals surface area contributed by atoms with Crippen LogP contribution in [0.25, 0.3) is 0 Å². The number of piperidine rings is 1. The Morgan fingerprint density at radius 2 is 2.00 bits per heavy atom. The average Bonchev–Trinajstić information content (AvgIpc) is 3.26. The van der Waals surface area contributed by atoms with E-state index in [2.05, 4.69) is 35.5 Å². The van der Waals surface area contributed by atoms with Gasteiger partial charge in [-0.25, -0.2) is 0 Å². The molecule has 3 rings (SSSR count). The highest BCUT2D eigenvalue weighted by atomic mass is 19.3. The van der Waals surface area contributed by atoms with Gasteiger partial charge in [-0.05, 0) is 49.9 Å². The molecule has 1 unspecified atom stereocenters. The first-order valence-corrected chi connectivity index (χ1v) is 10.2. The van der Waals surface area contributed by atoms with Crippen molar-refractivity contribution in [1.82, 2.24) is 25.4 Å². The van der Waals surface area contributed by atoms with Crippen molar-refractivity contribution in [1.29, 1.82) is 0 Å². The normalized spacial score (nSPS) is 17.3. The smallest absolute Gasteiger partial charge is 0.387 e. The van der Waals surface area contributed by atoms with E-state index < -0.39 is 6.61 Å². The molecule has 1 saturated heterocycles. The molecule has 0 amide bonds. The molecule has 0 bridgehead atoms. The number of aryl methyl sites for hydroxylation is 1. The number of guanidine groups is 1. The van der Waals surface area contributed by atoms with E-state index in [-0.39, 0.29) is 11.8 Å². The summed E-state index contributed by atoms with van der Waals surface area (Å²) in [6.07, 6.45) is 7.60. The Kier molecular flexibility index (Phi) is 8.22. The third kappa shape index (κ3) is 6.85. The predicted octanol–water partition coefficient (Wildman–Crippen LogP) is 2.49. The lowest BCUT2D eigenvalue weighted by molar-refractivity contribution is -0.0498. The monoisotopic (exact) mass is 421 g/mol. The largest absolute Gasteiger partial charge is 0.435 e. The van der Waals surface area contributed by atoms with E-state index in [4.69, 9.17) is 0 Å². The summed E-state index contributed by atoms with van der Waals surface area (Å²) in [5, 5.41) is 14.5. The van der Waals surface area contributed by atoms with E-state index in [0.29, 0.717) is 0 Å². The molecule has 1 aromatic carbocycles. The fraction of sp³-hybridized carbons (Fsp3) is 0.550. The van der Waals surface area contributed by atoms with Gasteiger partial charge in [0, 0.05) is 45.0 Å². The quantitative estimate of drug-likeness (QED) is 0.368. The Morgan fingerprint density at radius 1 is 1.23 bits per heavy atom. The van der Waals surface area contributed by atoms with Crippen LogP contribution < -0.4 is 20.3 Å². The molecule has 164 valence electrons. The van der Waals surface area contributed by atoms with E-state index in [1.54, 1.807) is 31.8 Å². The summed E-state index contributed by atoms with van der Waals surface area (Å²) in [6, 6.07) is 7.07. The van der Waals surface area contributed by atoms with Crippen LogP contribution in [0, 0.1) is 0 Å². The SMILES string of the molecule is CN=C(NCCCCn1cnnc1)NC1CCCN(c2ccc(OC(F)F)cc2)C1. The van der Waals surface area contributed by atoms with Gasteiger partial charge in [-0.15, -0.1) is 10.2 Å². The molecular weight excluding hydrogens is 392 g/mol. The molecule has 0 saturated carbocycles. The Hall–Kier alpha value is -2.91. The molecule has 1 atom stereocenters. The van der Waals surface area contributed by atoms with Crippen LogP contribution in [0.15, 0.2) is 41.9 Å². The zero-order valence-electron chi connectivity index (χ0n) is 17.2. The third-order valence-electron chi connectivity index (χ3n) is 5.01. The van der Waals surface area contributed by atoms with Crippen LogP contribution in [0.5, 0.6) is 5.75 Å². The van der Waals surface area contributed by atoms with Crippen molar-refractivity contribution in [3.8, 4) is 5.75 Å². The summed E-state index contributed by atoms with van der Waals surface area (Å²) in [4.78, 5) is 6.58. The zero-order valence-corrected chi connectivity index (χ0v) is 17.2. The maximum absolute atomic E-state index is 12.3. The molecule has 2 N–H and O–H groups in total. The zero-order chi connectivity index (χ0) is 21.2. The number of rotatable bonds is 9. The van der Waals surface area contributed by atoms with Gasteiger partial charge in [0.25, 0.3) is 0 Å². The molecule has 10 heteroatoms. The number of alkyl halides is 2. The fourth-order valence-electron chi connectivity index (χ4n) is 3.52. The van der Waals surface area contributed by atoms with E-state index in [9.17, 15) is 8.78 Å². The standard InChI is InChI=1S/C20H29F2N7O/c1-23-20(24-10-2-3-11-28-14-25-26-15-28)27-16-5-4-12-29(13-16)17-6-8-18(9-7-17)30-19(21)22/h6-9,14-16,19H,2-5,10-13H2,1H3,(H2,23,24,27). The highest BCUT2D eigenvalue weighted by Gasteiger charge is 2.21.